The van der Waals surface area contributed by atoms with E-state index in [9.17, 15) is 18.7 Å². The van der Waals surface area contributed by atoms with Gasteiger partial charge in [0, 0.05) is 18.7 Å². The molecule has 1 fully saturated rings. The van der Waals surface area contributed by atoms with E-state index < -0.39 is 34.1 Å². The molecule has 0 spiro atoms. The van der Waals surface area contributed by atoms with Gasteiger partial charge in [0.25, 0.3) is 0 Å². The van der Waals surface area contributed by atoms with Gasteiger partial charge in [0.15, 0.2) is 5.75 Å². The predicted molar refractivity (Wildman–Crippen MR) is 112 cm³/mol. The van der Waals surface area contributed by atoms with E-state index in [2.05, 4.69) is 5.32 Å². The van der Waals surface area contributed by atoms with E-state index in [0.29, 0.717) is 5.56 Å². The van der Waals surface area contributed by atoms with E-state index in [1.165, 1.54) is 0 Å². The first kappa shape index (κ1) is 22.4. The van der Waals surface area contributed by atoms with E-state index in [1.54, 1.807) is 12.1 Å². The second-order valence-electron chi connectivity index (χ2n) is 6.09. The fourth-order valence-corrected chi connectivity index (χ4v) is 4.28. The summed E-state index contributed by atoms with van der Waals surface area (Å²) in [4.78, 5) is 22.3. The van der Waals surface area contributed by atoms with Crippen molar-refractivity contribution in [1.82, 2.24) is 5.32 Å². The fraction of sp³-hybridized carbons (Fsp3) is 0.300. The molecule has 1 aliphatic rings. The number of ketones is 1. The third kappa shape index (κ3) is 8.04. The average Bonchev–Trinajstić information content (AvgIpc) is 2.69. The number of Topliss-reactive ketones (excluding diaryl/α,β-unsaturated/α-hetero) is 1. The Morgan fingerprint density at radius 2 is 1.54 bits per heavy atom. The Kier molecular flexibility index (Phi) is 9.52. The third-order valence-corrected chi connectivity index (χ3v) is 6.38. The number of nitrogens with one attached hydrogen (secondary N) is 1. The van der Waals surface area contributed by atoms with E-state index in [-0.39, 0.29) is 11.5 Å². The highest BCUT2D eigenvalue weighted by Crippen LogP contribution is 2.19. The molecule has 0 radical (unpaired) electrons. The van der Waals surface area contributed by atoms with Gasteiger partial charge in [-0.2, -0.15) is 0 Å². The first-order valence-corrected chi connectivity index (χ1v) is 11.7. The van der Waals surface area contributed by atoms with Crippen molar-refractivity contribution in [2.24, 2.45) is 0 Å². The second-order valence-corrected chi connectivity index (χ2v) is 9.24. The molecule has 2 aromatic carbocycles. The molecule has 2 N–H and O–H groups in total. The minimum atomic E-state index is -1.67. The summed E-state index contributed by atoms with van der Waals surface area (Å²) in [5, 5.41) is 11.6. The van der Waals surface area contributed by atoms with Crippen molar-refractivity contribution in [2.45, 2.75) is 0 Å². The maximum atomic E-state index is 11.9. The lowest BCUT2D eigenvalue weighted by molar-refractivity contribution is -0.134. The third-order valence-electron chi connectivity index (χ3n) is 3.90. The molecule has 1 aliphatic heterocycles. The molecule has 28 heavy (non-hydrogen) atoms. The predicted octanol–water partition coefficient (Wildman–Crippen LogP) is 1.71. The Morgan fingerprint density at radius 1 is 0.964 bits per heavy atom. The van der Waals surface area contributed by atoms with Crippen LogP contribution in [0.25, 0.3) is 11.1 Å². The zero-order valence-electron chi connectivity index (χ0n) is 15.3. The molecule has 2 aromatic rings. The Balaban J connectivity index is 0.000000336. The Labute approximate surface area is 170 Å². The number of carbonyl (C=O) groups excluding carboxylic acids is 1. The smallest absolute Gasteiger partial charge is 0.353 e. The van der Waals surface area contributed by atoms with E-state index in [4.69, 9.17) is 5.11 Å². The SMILES string of the molecule is O=C(O)C[S+]([O-])CC(=O)c1ccc(-c2ccccc2)cc1.[O-][S+]1CCNCC1. The number of carboxylic acids is 1. The molecule has 6 nitrogen and oxygen atoms in total. The Bertz CT molecular complexity index is 749. The maximum absolute atomic E-state index is 11.9. The molecule has 0 amide bonds. The number of rotatable bonds is 6. The fourth-order valence-electron chi connectivity index (χ4n) is 2.50. The van der Waals surface area contributed by atoms with Crippen LogP contribution >= 0.6 is 0 Å². The van der Waals surface area contributed by atoms with Crippen molar-refractivity contribution in [1.29, 1.82) is 0 Å². The Morgan fingerprint density at radius 3 is 2.04 bits per heavy atom. The molecule has 1 atom stereocenters. The van der Waals surface area contributed by atoms with Gasteiger partial charge in [0.2, 0.25) is 11.5 Å². The van der Waals surface area contributed by atoms with Crippen molar-refractivity contribution in [2.75, 3.05) is 36.1 Å². The zero-order chi connectivity index (χ0) is 20.4. The van der Waals surface area contributed by atoms with Crippen LogP contribution in [0.5, 0.6) is 0 Å². The quantitative estimate of drug-likeness (QED) is 0.542. The second kappa shape index (κ2) is 11.9. The highest BCUT2D eigenvalue weighted by atomic mass is 32.2. The highest BCUT2D eigenvalue weighted by molar-refractivity contribution is 7.92. The van der Waals surface area contributed by atoms with E-state index in [1.807, 2.05) is 42.5 Å². The number of carbonyl (C=O) groups is 2. The summed E-state index contributed by atoms with van der Waals surface area (Å²) in [6.45, 7) is 1.87. The maximum Gasteiger partial charge on any atom is 0.353 e. The van der Waals surface area contributed by atoms with Crippen molar-refractivity contribution in [3.8, 4) is 11.1 Å². The minimum absolute atomic E-state index is 0.267. The van der Waals surface area contributed by atoms with Crippen LogP contribution in [-0.2, 0) is 27.1 Å². The van der Waals surface area contributed by atoms with Gasteiger partial charge in [-0.25, -0.2) is 4.79 Å². The van der Waals surface area contributed by atoms with Crippen LogP contribution in [0.2, 0.25) is 0 Å². The van der Waals surface area contributed by atoms with Gasteiger partial charge in [-0.3, -0.25) is 4.79 Å². The monoisotopic (exact) mass is 421 g/mol. The molecule has 1 saturated heterocycles. The molecular weight excluding hydrogens is 398 g/mol. The molecule has 8 heteroatoms. The normalized spacial score (nSPS) is 15.2. The number of hydrogen-bond donors (Lipinski definition) is 2. The summed E-state index contributed by atoms with van der Waals surface area (Å²) < 4.78 is 22.0. The van der Waals surface area contributed by atoms with Crippen LogP contribution in [0.1, 0.15) is 10.4 Å². The van der Waals surface area contributed by atoms with Gasteiger partial charge in [0.05, 0.1) is 0 Å². The number of hydrogen-bond acceptors (Lipinski definition) is 5. The van der Waals surface area contributed by atoms with Crippen LogP contribution in [0.4, 0.5) is 0 Å². The van der Waals surface area contributed by atoms with Gasteiger partial charge in [-0.05, 0) is 22.3 Å². The van der Waals surface area contributed by atoms with Crippen LogP contribution < -0.4 is 5.32 Å². The van der Waals surface area contributed by atoms with Gasteiger partial charge < -0.3 is 19.5 Å². The summed E-state index contributed by atoms with van der Waals surface area (Å²) in [7, 11) is 0. The number of aliphatic carboxylic acids is 1. The molecule has 0 aromatic heterocycles. The van der Waals surface area contributed by atoms with Crippen molar-refractivity contribution >= 4 is 34.1 Å². The summed E-state index contributed by atoms with van der Waals surface area (Å²) >= 11 is -2.17. The lowest BCUT2D eigenvalue weighted by Gasteiger charge is -2.15. The first-order valence-electron chi connectivity index (χ1n) is 8.77. The van der Waals surface area contributed by atoms with E-state index in [0.717, 1.165) is 35.7 Å². The van der Waals surface area contributed by atoms with Gasteiger partial charge >= 0.3 is 5.97 Å². The average molecular weight is 422 g/mol. The highest BCUT2D eigenvalue weighted by Gasteiger charge is 2.18. The van der Waals surface area contributed by atoms with Gasteiger partial charge in [0.1, 0.15) is 11.5 Å². The molecular formula is C20H23NO5S2. The Hall–Kier alpha value is -1.84. The molecule has 0 bridgehead atoms. The van der Waals surface area contributed by atoms with Crippen LogP contribution in [-0.4, -0.2) is 62.1 Å². The van der Waals surface area contributed by atoms with Gasteiger partial charge in [-0.15, -0.1) is 0 Å². The van der Waals surface area contributed by atoms with Gasteiger partial charge in [-0.1, -0.05) is 65.8 Å². The van der Waals surface area contributed by atoms with Crippen LogP contribution in [0.15, 0.2) is 54.6 Å². The molecule has 1 unspecified atom stereocenters. The lowest BCUT2D eigenvalue weighted by atomic mass is 10.0. The van der Waals surface area contributed by atoms with Crippen LogP contribution in [0, 0.1) is 0 Å². The largest absolute Gasteiger partial charge is 0.616 e. The summed E-state index contributed by atoms with van der Waals surface area (Å²) in [6, 6.07) is 16.7. The van der Waals surface area contributed by atoms with Crippen LogP contribution in [0.3, 0.4) is 0 Å². The number of carboxylic acid groups (broad SMARTS) is 1. The standard InChI is InChI=1S/C16H14O4S.C4H9NOS/c17-15(10-21(20)11-16(18)19)14-8-6-13(7-9-14)12-4-2-1-3-5-12;6-7-3-1-5-2-4-7/h1-9H,10-11H2,(H,18,19);5H,1-4H2. The van der Waals surface area contributed by atoms with E-state index >= 15 is 0 Å². The van der Waals surface area contributed by atoms with Crippen molar-refractivity contribution < 1.29 is 23.8 Å². The first-order chi connectivity index (χ1) is 13.5. The van der Waals surface area contributed by atoms with Crippen molar-refractivity contribution in [3.05, 3.63) is 60.2 Å². The summed E-state index contributed by atoms with van der Waals surface area (Å²) in [5.41, 5.74) is 2.47. The summed E-state index contributed by atoms with van der Waals surface area (Å²) in [5.74, 6) is -0.556. The molecule has 1 heterocycles. The van der Waals surface area contributed by atoms with Crippen molar-refractivity contribution in [3.63, 3.8) is 0 Å². The zero-order valence-corrected chi connectivity index (χ0v) is 17.0. The topological polar surface area (TPSA) is 113 Å². The molecule has 150 valence electrons. The molecule has 0 saturated carbocycles. The summed E-state index contributed by atoms with van der Waals surface area (Å²) in [6.07, 6.45) is 0. The molecule has 3 rings (SSSR count). The lowest BCUT2D eigenvalue weighted by Crippen LogP contribution is -2.35. The molecule has 0 aliphatic carbocycles. The minimum Gasteiger partial charge on any atom is -0.616 e. The number of benzene rings is 2.